The van der Waals surface area contributed by atoms with Crippen LogP contribution in [0, 0.1) is 0 Å². The molecule has 1 aromatic carbocycles. The largest absolute Gasteiger partial charge is 0.467 e. The fraction of sp³-hybridized carbons (Fsp3) is 0.200. The van der Waals surface area contributed by atoms with E-state index in [0.717, 1.165) is 26.2 Å². The first-order valence-corrected chi connectivity index (χ1v) is 9.50. The first-order valence-electron chi connectivity index (χ1n) is 8.68. The van der Waals surface area contributed by atoms with Gasteiger partial charge in [-0.05, 0) is 11.6 Å². The number of nitrogens with one attached hydrogen (secondary N) is 1. The van der Waals surface area contributed by atoms with Gasteiger partial charge in [-0.1, -0.05) is 36.9 Å². The van der Waals surface area contributed by atoms with Crippen LogP contribution in [0.25, 0.3) is 10.2 Å². The molecule has 0 aliphatic carbocycles. The number of aromatic nitrogens is 2. The molecule has 1 aliphatic heterocycles. The lowest BCUT2D eigenvalue weighted by molar-refractivity contribution is -0.141. The number of rotatable bonds is 5. The number of amides is 1. The Labute approximate surface area is 165 Å². The van der Waals surface area contributed by atoms with Crippen LogP contribution in [0.15, 0.2) is 49.3 Å². The molecule has 0 unspecified atom stereocenters. The highest BCUT2D eigenvalue weighted by atomic mass is 32.1. The lowest BCUT2D eigenvalue weighted by Gasteiger charge is -2.18. The predicted molar refractivity (Wildman–Crippen MR) is 107 cm³/mol. The van der Waals surface area contributed by atoms with Crippen molar-refractivity contribution in [1.82, 2.24) is 14.9 Å². The molecule has 0 saturated heterocycles. The normalized spacial score (nSPS) is 13.8. The van der Waals surface area contributed by atoms with Crippen molar-refractivity contribution in [3.63, 3.8) is 0 Å². The zero-order chi connectivity index (χ0) is 19.7. The number of carbonyl (C=O) groups is 2. The van der Waals surface area contributed by atoms with E-state index >= 15 is 0 Å². The Morgan fingerprint density at radius 3 is 2.79 bits per heavy atom. The fourth-order valence-electron chi connectivity index (χ4n) is 3.32. The number of fused-ring (bicyclic) bond motifs is 3. The number of hydrogen-bond acceptors (Lipinski definition) is 7. The summed E-state index contributed by atoms with van der Waals surface area (Å²) < 4.78 is 4.98. The van der Waals surface area contributed by atoms with Crippen LogP contribution in [0.5, 0.6) is 0 Å². The smallest absolute Gasteiger partial charge is 0.333 e. The second-order valence-electron chi connectivity index (χ2n) is 6.32. The van der Waals surface area contributed by atoms with Crippen molar-refractivity contribution in [2.24, 2.45) is 0 Å². The van der Waals surface area contributed by atoms with Crippen molar-refractivity contribution >= 4 is 39.2 Å². The molecular formula is C20H18N4O3S. The van der Waals surface area contributed by atoms with E-state index in [4.69, 9.17) is 4.74 Å². The van der Waals surface area contributed by atoms with Crippen molar-refractivity contribution in [2.75, 3.05) is 12.4 Å². The summed E-state index contributed by atoms with van der Waals surface area (Å²) in [7, 11) is 1.36. The number of anilines is 1. The molecule has 2 aromatic heterocycles. The van der Waals surface area contributed by atoms with Crippen LogP contribution in [0.4, 0.5) is 5.82 Å². The van der Waals surface area contributed by atoms with E-state index in [9.17, 15) is 9.59 Å². The molecule has 0 saturated carbocycles. The molecule has 142 valence electrons. The van der Waals surface area contributed by atoms with Crippen LogP contribution in [0.1, 0.15) is 22.0 Å². The van der Waals surface area contributed by atoms with Gasteiger partial charge in [0.25, 0.3) is 0 Å². The van der Waals surface area contributed by atoms with Crippen molar-refractivity contribution in [3.8, 4) is 0 Å². The van der Waals surface area contributed by atoms with Gasteiger partial charge in [0.05, 0.1) is 19.0 Å². The van der Waals surface area contributed by atoms with Crippen LogP contribution in [-0.2, 0) is 27.4 Å². The van der Waals surface area contributed by atoms with Gasteiger partial charge in [0.15, 0.2) is 6.04 Å². The molecule has 1 N–H and O–H groups in total. The topological polar surface area (TPSA) is 84.4 Å². The first-order chi connectivity index (χ1) is 13.6. The number of thiophene rings is 1. The van der Waals surface area contributed by atoms with Gasteiger partial charge in [-0.3, -0.25) is 4.79 Å². The summed E-state index contributed by atoms with van der Waals surface area (Å²) in [5.74, 6) is 0.0302. The number of carbonyl (C=O) groups excluding carboxylic acids is 2. The Hall–Kier alpha value is -3.26. The van der Waals surface area contributed by atoms with Crippen molar-refractivity contribution < 1.29 is 14.3 Å². The van der Waals surface area contributed by atoms with Gasteiger partial charge in [-0.2, -0.15) is 0 Å². The molecule has 0 spiro atoms. The van der Waals surface area contributed by atoms with E-state index in [1.807, 2.05) is 30.3 Å². The second-order valence-corrected chi connectivity index (χ2v) is 7.40. The number of benzene rings is 1. The molecule has 7 nitrogen and oxygen atoms in total. The molecule has 1 amide bonds. The minimum atomic E-state index is -0.702. The van der Waals surface area contributed by atoms with Crippen molar-refractivity contribution in [3.05, 3.63) is 65.3 Å². The van der Waals surface area contributed by atoms with Gasteiger partial charge < -0.3 is 15.0 Å². The molecule has 28 heavy (non-hydrogen) atoms. The fourth-order valence-corrected chi connectivity index (χ4v) is 4.49. The van der Waals surface area contributed by atoms with Gasteiger partial charge in [-0.25, -0.2) is 14.8 Å². The molecule has 0 bridgehead atoms. The standard InChI is InChI=1S/C20H18N4O3S/c1-3-15(25)24-9-13-14(10-24)28-19-16(13)18(21-11-22-19)23-17(20(26)27-2)12-7-5-4-6-8-12/h3-8,11,17H,1,9-10H2,2H3,(H,21,22,23)/t17-/m0/s1. The third-order valence-corrected chi connectivity index (χ3v) is 5.82. The SMILES string of the molecule is C=CC(=O)N1Cc2sc3ncnc(N[C@H](C(=O)OC)c4ccccc4)c3c2C1. The zero-order valence-electron chi connectivity index (χ0n) is 15.2. The molecule has 3 heterocycles. The summed E-state index contributed by atoms with van der Waals surface area (Å²) in [5.41, 5.74) is 1.78. The molecule has 1 aliphatic rings. The molecule has 1 atom stereocenters. The third-order valence-electron chi connectivity index (χ3n) is 4.69. The Bertz CT molecular complexity index is 1060. The second kappa shape index (κ2) is 7.40. The number of nitrogens with zero attached hydrogens (tertiary/aromatic N) is 3. The molecule has 3 aromatic rings. The Morgan fingerprint density at radius 1 is 1.29 bits per heavy atom. The summed E-state index contributed by atoms with van der Waals surface area (Å²) in [6, 6.07) is 8.63. The third kappa shape index (κ3) is 3.11. The molecule has 0 radical (unpaired) electrons. The van der Waals surface area contributed by atoms with E-state index in [2.05, 4.69) is 21.9 Å². The maximum atomic E-state index is 12.4. The van der Waals surface area contributed by atoms with Gasteiger partial charge >= 0.3 is 5.97 Å². The maximum Gasteiger partial charge on any atom is 0.333 e. The number of esters is 1. The average molecular weight is 394 g/mol. The first kappa shape index (κ1) is 18.1. The molecule has 0 fully saturated rings. The Balaban J connectivity index is 1.74. The van der Waals surface area contributed by atoms with E-state index < -0.39 is 12.0 Å². The molecule has 8 heteroatoms. The van der Waals surface area contributed by atoms with Crippen molar-refractivity contribution in [2.45, 2.75) is 19.1 Å². The quantitative estimate of drug-likeness (QED) is 0.529. The van der Waals surface area contributed by atoms with Crippen LogP contribution in [0.2, 0.25) is 0 Å². The zero-order valence-corrected chi connectivity index (χ0v) is 16.0. The Morgan fingerprint density at radius 2 is 2.07 bits per heavy atom. The van der Waals surface area contributed by atoms with E-state index in [-0.39, 0.29) is 5.91 Å². The lowest BCUT2D eigenvalue weighted by Crippen LogP contribution is -2.23. The summed E-state index contributed by atoms with van der Waals surface area (Å²) in [4.78, 5) is 36.8. The predicted octanol–water partition coefficient (Wildman–Crippen LogP) is 3.05. The van der Waals surface area contributed by atoms with E-state index in [0.29, 0.717) is 18.9 Å². The van der Waals surface area contributed by atoms with Crippen LogP contribution < -0.4 is 5.32 Å². The van der Waals surface area contributed by atoms with E-state index in [1.165, 1.54) is 30.8 Å². The Kier molecular flexibility index (Phi) is 4.79. The minimum Gasteiger partial charge on any atom is -0.467 e. The maximum absolute atomic E-state index is 12.4. The summed E-state index contributed by atoms with van der Waals surface area (Å²) in [5, 5.41) is 4.06. The lowest BCUT2D eigenvalue weighted by atomic mass is 10.1. The number of ether oxygens (including phenoxy) is 1. The molecular weight excluding hydrogens is 376 g/mol. The van der Waals surface area contributed by atoms with Crippen LogP contribution >= 0.6 is 11.3 Å². The van der Waals surface area contributed by atoms with Gasteiger partial charge in [0.1, 0.15) is 17.0 Å². The van der Waals surface area contributed by atoms with Crippen LogP contribution in [0.3, 0.4) is 0 Å². The average Bonchev–Trinajstić information content (AvgIpc) is 3.29. The number of hydrogen-bond donors (Lipinski definition) is 1. The highest BCUT2D eigenvalue weighted by Crippen LogP contribution is 2.40. The highest BCUT2D eigenvalue weighted by Gasteiger charge is 2.30. The van der Waals surface area contributed by atoms with Crippen LogP contribution in [-0.4, -0.2) is 33.9 Å². The summed E-state index contributed by atoms with van der Waals surface area (Å²) in [6.07, 6.45) is 2.79. The van der Waals surface area contributed by atoms with Crippen molar-refractivity contribution in [1.29, 1.82) is 0 Å². The molecule has 4 rings (SSSR count). The van der Waals surface area contributed by atoms with Gasteiger partial charge in [0.2, 0.25) is 5.91 Å². The monoisotopic (exact) mass is 394 g/mol. The minimum absolute atomic E-state index is 0.111. The highest BCUT2D eigenvalue weighted by molar-refractivity contribution is 7.19. The van der Waals surface area contributed by atoms with Gasteiger partial charge in [-0.15, -0.1) is 11.3 Å². The summed E-state index contributed by atoms with van der Waals surface area (Å²) in [6.45, 7) is 4.55. The summed E-state index contributed by atoms with van der Waals surface area (Å²) >= 11 is 1.53. The van der Waals surface area contributed by atoms with E-state index in [1.54, 1.807) is 4.90 Å². The van der Waals surface area contributed by atoms with Gasteiger partial charge in [0, 0.05) is 17.0 Å². The number of methoxy groups -OCH3 is 1.